The van der Waals surface area contributed by atoms with Gasteiger partial charge in [-0.2, -0.15) is 0 Å². The summed E-state index contributed by atoms with van der Waals surface area (Å²) < 4.78 is 11.4. The van der Waals surface area contributed by atoms with Gasteiger partial charge in [0.15, 0.2) is 0 Å². The highest BCUT2D eigenvalue weighted by atomic mass is 35.5. The molecule has 0 radical (unpaired) electrons. The Bertz CT molecular complexity index is 596. The van der Waals surface area contributed by atoms with Gasteiger partial charge in [0.05, 0.1) is 12.6 Å². The fourth-order valence-electron chi connectivity index (χ4n) is 2.66. The molecule has 0 unspecified atom stereocenters. The SMILES string of the molecule is CC(C)(C)OC(=O)N1[C@@H](c2ccc(Cl)c(CN)c2)COC1(C)C. The molecule has 0 spiro atoms. The van der Waals surface area contributed by atoms with Crippen molar-refractivity contribution in [3.8, 4) is 0 Å². The molecule has 1 fully saturated rings. The van der Waals surface area contributed by atoms with Crippen LogP contribution in [0.1, 0.15) is 51.8 Å². The number of carbonyl (C=O) groups excluding carboxylic acids is 1. The van der Waals surface area contributed by atoms with E-state index in [2.05, 4.69) is 0 Å². The smallest absolute Gasteiger partial charge is 0.413 e. The lowest BCUT2D eigenvalue weighted by atomic mass is 10.0. The summed E-state index contributed by atoms with van der Waals surface area (Å²) in [5, 5.41) is 0.623. The van der Waals surface area contributed by atoms with E-state index in [0.717, 1.165) is 11.1 Å². The summed E-state index contributed by atoms with van der Waals surface area (Å²) in [6.07, 6.45) is -0.394. The summed E-state index contributed by atoms with van der Waals surface area (Å²) in [6, 6.07) is 5.39. The molecule has 1 atom stereocenters. The minimum atomic E-state index is -0.741. The first kappa shape index (κ1) is 18.0. The largest absolute Gasteiger partial charge is 0.444 e. The number of amides is 1. The number of hydrogen-bond donors (Lipinski definition) is 1. The number of hydrogen-bond acceptors (Lipinski definition) is 4. The van der Waals surface area contributed by atoms with E-state index in [0.29, 0.717) is 18.2 Å². The third kappa shape index (κ3) is 3.97. The molecule has 5 nitrogen and oxygen atoms in total. The number of rotatable bonds is 2. The maximum absolute atomic E-state index is 12.7. The number of carbonyl (C=O) groups is 1. The van der Waals surface area contributed by atoms with Crippen LogP contribution in [0.2, 0.25) is 5.02 Å². The maximum atomic E-state index is 12.7. The second kappa shape index (κ2) is 6.30. The van der Waals surface area contributed by atoms with Crippen LogP contribution in [0.3, 0.4) is 0 Å². The fraction of sp³-hybridized carbons (Fsp3) is 0.588. The lowest BCUT2D eigenvalue weighted by Gasteiger charge is -2.35. The van der Waals surface area contributed by atoms with Crippen molar-refractivity contribution in [1.82, 2.24) is 4.90 Å². The van der Waals surface area contributed by atoms with Gasteiger partial charge in [0.1, 0.15) is 11.3 Å². The molecule has 0 bridgehead atoms. The number of ether oxygens (including phenoxy) is 2. The molecule has 1 amide bonds. The molecule has 6 heteroatoms. The third-order valence-electron chi connectivity index (χ3n) is 3.75. The molecule has 1 aromatic carbocycles. The summed E-state index contributed by atoms with van der Waals surface area (Å²) in [6.45, 7) is 10.00. The van der Waals surface area contributed by atoms with Gasteiger partial charge in [0, 0.05) is 11.6 Å². The molecule has 2 rings (SSSR count). The van der Waals surface area contributed by atoms with Crippen molar-refractivity contribution in [2.45, 2.75) is 58.5 Å². The van der Waals surface area contributed by atoms with Crippen molar-refractivity contribution < 1.29 is 14.3 Å². The molecular weight excluding hydrogens is 316 g/mol. The molecule has 0 aromatic heterocycles. The molecule has 1 saturated heterocycles. The zero-order valence-corrected chi connectivity index (χ0v) is 15.1. The van der Waals surface area contributed by atoms with E-state index in [1.54, 1.807) is 11.0 Å². The van der Waals surface area contributed by atoms with Crippen LogP contribution in [-0.2, 0) is 16.0 Å². The molecule has 0 saturated carbocycles. The summed E-state index contributed by atoms with van der Waals surface area (Å²) in [5.41, 5.74) is 6.20. The minimum Gasteiger partial charge on any atom is -0.444 e. The standard InChI is InChI=1S/C17H25ClN2O3/c1-16(2,3)23-15(21)20-14(10-22-17(20,4)5)11-6-7-13(18)12(8-11)9-19/h6-8,14H,9-10,19H2,1-5H3/t14-/m1/s1. The molecule has 128 valence electrons. The van der Waals surface area contributed by atoms with Crippen molar-refractivity contribution >= 4 is 17.7 Å². The zero-order valence-electron chi connectivity index (χ0n) is 14.4. The molecule has 1 aromatic rings. The molecule has 0 aliphatic carbocycles. The van der Waals surface area contributed by atoms with Crippen molar-refractivity contribution in [3.63, 3.8) is 0 Å². The van der Waals surface area contributed by atoms with Gasteiger partial charge in [-0.05, 0) is 51.8 Å². The second-order valence-corrected chi connectivity index (χ2v) is 7.59. The highest BCUT2D eigenvalue weighted by molar-refractivity contribution is 6.31. The van der Waals surface area contributed by atoms with Gasteiger partial charge in [0.25, 0.3) is 0 Å². The fourth-order valence-corrected chi connectivity index (χ4v) is 2.86. The third-order valence-corrected chi connectivity index (χ3v) is 4.12. The average molecular weight is 341 g/mol. The lowest BCUT2D eigenvalue weighted by Crippen LogP contribution is -2.47. The van der Waals surface area contributed by atoms with E-state index >= 15 is 0 Å². The quantitative estimate of drug-likeness (QED) is 0.888. The average Bonchev–Trinajstić information content (AvgIpc) is 2.73. The first-order valence-electron chi connectivity index (χ1n) is 7.70. The highest BCUT2D eigenvalue weighted by Crippen LogP contribution is 2.38. The Morgan fingerprint density at radius 2 is 2.13 bits per heavy atom. The van der Waals surface area contributed by atoms with Crippen molar-refractivity contribution in [1.29, 1.82) is 0 Å². The first-order valence-corrected chi connectivity index (χ1v) is 8.07. The topological polar surface area (TPSA) is 64.8 Å². The summed E-state index contributed by atoms with van der Waals surface area (Å²) in [7, 11) is 0. The van der Waals surface area contributed by atoms with Crippen LogP contribution in [0.5, 0.6) is 0 Å². The minimum absolute atomic E-state index is 0.234. The van der Waals surface area contributed by atoms with E-state index in [9.17, 15) is 4.79 Å². The summed E-state index contributed by atoms with van der Waals surface area (Å²) in [5.74, 6) is 0. The molecule has 2 N–H and O–H groups in total. The Balaban J connectivity index is 2.35. The van der Waals surface area contributed by atoms with Gasteiger partial charge >= 0.3 is 6.09 Å². The lowest BCUT2D eigenvalue weighted by molar-refractivity contribution is -0.0626. The number of nitrogens with two attached hydrogens (primary N) is 1. The van der Waals surface area contributed by atoms with Crippen LogP contribution in [0.25, 0.3) is 0 Å². The van der Waals surface area contributed by atoms with E-state index in [1.807, 2.05) is 46.8 Å². The molecule has 1 heterocycles. The van der Waals surface area contributed by atoms with Crippen molar-refractivity contribution in [2.75, 3.05) is 6.61 Å². The van der Waals surface area contributed by atoms with E-state index < -0.39 is 17.4 Å². The predicted molar refractivity (Wildman–Crippen MR) is 90.2 cm³/mol. The first-order chi connectivity index (χ1) is 10.5. The second-order valence-electron chi connectivity index (χ2n) is 7.18. The normalized spacial score (nSPS) is 20.7. The molecule has 1 aliphatic heterocycles. The monoisotopic (exact) mass is 340 g/mol. The van der Waals surface area contributed by atoms with Gasteiger partial charge in [0.2, 0.25) is 0 Å². The van der Waals surface area contributed by atoms with Crippen LogP contribution < -0.4 is 5.73 Å². The van der Waals surface area contributed by atoms with Crippen LogP contribution >= 0.6 is 11.6 Å². The summed E-state index contributed by atoms with van der Waals surface area (Å²) >= 11 is 6.13. The number of nitrogens with zero attached hydrogens (tertiary/aromatic N) is 1. The van der Waals surface area contributed by atoms with E-state index in [1.165, 1.54) is 0 Å². The van der Waals surface area contributed by atoms with E-state index in [-0.39, 0.29) is 6.04 Å². The number of benzene rings is 1. The van der Waals surface area contributed by atoms with Gasteiger partial charge in [-0.15, -0.1) is 0 Å². The van der Waals surface area contributed by atoms with Gasteiger partial charge in [-0.25, -0.2) is 4.79 Å². The predicted octanol–water partition coefficient (Wildman–Crippen LogP) is 3.84. The van der Waals surface area contributed by atoms with Crippen LogP contribution in [0.15, 0.2) is 18.2 Å². The van der Waals surface area contributed by atoms with E-state index in [4.69, 9.17) is 26.8 Å². The maximum Gasteiger partial charge on any atom is 0.413 e. The Morgan fingerprint density at radius 3 is 2.70 bits per heavy atom. The van der Waals surface area contributed by atoms with Crippen LogP contribution in [0.4, 0.5) is 4.79 Å². The van der Waals surface area contributed by atoms with Crippen LogP contribution in [-0.4, -0.2) is 28.9 Å². The van der Waals surface area contributed by atoms with Crippen molar-refractivity contribution in [3.05, 3.63) is 34.3 Å². The van der Waals surface area contributed by atoms with Gasteiger partial charge < -0.3 is 15.2 Å². The van der Waals surface area contributed by atoms with Crippen LogP contribution in [0, 0.1) is 0 Å². The van der Waals surface area contributed by atoms with Crippen molar-refractivity contribution in [2.24, 2.45) is 5.73 Å². The Hall–Kier alpha value is -1.30. The Morgan fingerprint density at radius 1 is 1.48 bits per heavy atom. The van der Waals surface area contributed by atoms with Gasteiger partial charge in [-0.3, -0.25) is 4.90 Å². The highest BCUT2D eigenvalue weighted by Gasteiger charge is 2.46. The molecule has 1 aliphatic rings. The number of halogens is 1. The van der Waals surface area contributed by atoms with Gasteiger partial charge in [-0.1, -0.05) is 23.7 Å². The summed E-state index contributed by atoms with van der Waals surface area (Å²) in [4.78, 5) is 14.3. The molecule has 23 heavy (non-hydrogen) atoms. The Labute approximate surface area is 142 Å². The Kier molecular flexibility index (Phi) is 4.95. The zero-order chi connectivity index (χ0) is 17.4. The molecular formula is C17H25ClN2O3.